The highest BCUT2D eigenvalue weighted by atomic mass is 19.4. The van der Waals surface area contributed by atoms with E-state index in [-0.39, 0.29) is 41.6 Å². The number of methoxy groups -OCH3 is 1. The van der Waals surface area contributed by atoms with Crippen molar-refractivity contribution in [3.8, 4) is 6.07 Å². The van der Waals surface area contributed by atoms with Crippen LogP contribution >= 0.6 is 0 Å². The number of benzene rings is 1. The number of hydrogen-bond acceptors (Lipinski definition) is 5. The van der Waals surface area contributed by atoms with Crippen molar-refractivity contribution in [3.05, 3.63) is 29.3 Å². The van der Waals surface area contributed by atoms with Crippen LogP contribution in [0, 0.1) is 29.1 Å². The highest BCUT2D eigenvalue weighted by Crippen LogP contribution is 2.39. The number of likely N-dealkylation sites (tertiary alicyclic amines) is 1. The minimum atomic E-state index is -4.60. The van der Waals surface area contributed by atoms with Gasteiger partial charge in [0, 0.05) is 53.1 Å². The molecule has 0 saturated carbocycles. The van der Waals surface area contributed by atoms with Gasteiger partial charge in [-0.15, -0.1) is 0 Å². The molecule has 0 aromatic heterocycles. The van der Waals surface area contributed by atoms with Crippen LogP contribution in [0.4, 0.5) is 18.9 Å². The van der Waals surface area contributed by atoms with Crippen molar-refractivity contribution in [2.45, 2.75) is 25.4 Å². The Labute approximate surface area is 198 Å². The number of hydrogen-bond donors (Lipinski definition) is 0. The molecule has 0 N–H and O–H groups in total. The normalized spacial score (nSPS) is 21.4. The number of ether oxygens (including phenoxy) is 1. The third-order valence-corrected chi connectivity index (χ3v) is 6.94. The number of anilines is 1. The summed E-state index contributed by atoms with van der Waals surface area (Å²) in [7, 11) is 4.96. The maximum absolute atomic E-state index is 13.4. The molecule has 0 unspecified atom stereocenters. The van der Waals surface area contributed by atoms with Crippen molar-refractivity contribution in [3.63, 3.8) is 0 Å². The molecular weight excluding hydrogens is 449 g/mol. The molecule has 0 aliphatic carbocycles. The minimum Gasteiger partial charge on any atom is -0.384 e. The summed E-state index contributed by atoms with van der Waals surface area (Å²) in [5, 5.41) is 9.03. The van der Waals surface area contributed by atoms with Gasteiger partial charge < -0.3 is 19.4 Å². The largest absolute Gasteiger partial charge is 0.417 e. The van der Waals surface area contributed by atoms with Crippen LogP contribution in [0.5, 0.6) is 0 Å². The summed E-state index contributed by atoms with van der Waals surface area (Å²) in [6, 6.07) is 5.43. The second kappa shape index (κ2) is 10.6. The van der Waals surface area contributed by atoms with Crippen LogP contribution in [-0.4, -0.2) is 75.6 Å². The molecule has 1 aromatic carbocycles. The molecule has 0 bridgehead atoms. The molecule has 2 aliphatic heterocycles. The van der Waals surface area contributed by atoms with Crippen molar-refractivity contribution < 1.29 is 27.5 Å². The maximum atomic E-state index is 13.4. The SMILES string of the molecule is COCCC(=O)N1C[C@@H](C(=O)N(C)C)[C@H](C2CCN(c3ccc(C#N)c(C(F)(F)F)c3)CC2)C1. The Kier molecular flexibility index (Phi) is 8.08. The summed E-state index contributed by atoms with van der Waals surface area (Å²) in [4.78, 5) is 30.7. The van der Waals surface area contributed by atoms with Gasteiger partial charge in [0.05, 0.1) is 36.1 Å². The van der Waals surface area contributed by atoms with E-state index in [1.165, 1.54) is 13.2 Å². The molecule has 10 heteroatoms. The summed E-state index contributed by atoms with van der Waals surface area (Å²) in [6.07, 6.45) is -2.90. The molecule has 2 heterocycles. The highest BCUT2D eigenvalue weighted by molar-refractivity contribution is 5.82. The predicted octanol–water partition coefficient (Wildman–Crippen LogP) is 2.99. The molecule has 2 saturated heterocycles. The smallest absolute Gasteiger partial charge is 0.384 e. The lowest BCUT2D eigenvalue weighted by Gasteiger charge is -2.38. The zero-order chi connectivity index (χ0) is 25.0. The number of alkyl halides is 3. The fraction of sp³-hybridized carbons (Fsp3) is 0.625. The monoisotopic (exact) mass is 480 g/mol. The van der Waals surface area contributed by atoms with E-state index in [2.05, 4.69) is 0 Å². The van der Waals surface area contributed by atoms with Gasteiger partial charge >= 0.3 is 6.18 Å². The zero-order valence-electron chi connectivity index (χ0n) is 19.8. The molecule has 34 heavy (non-hydrogen) atoms. The third kappa shape index (κ3) is 5.63. The van der Waals surface area contributed by atoms with E-state index in [0.29, 0.717) is 51.3 Å². The summed E-state index contributed by atoms with van der Waals surface area (Å²) in [5.74, 6) is -0.127. The number of amides is 2. The van der Waals surface area contributed by atoms with E-state index in [0.717, 1.165) is 6.07 Å². The van der Waals surface area contributed by atoms with E-state index in [4.69, 9.17) is 10.00 Å². The van der Waals surface area contributed by atoms with Crippen molar-refractivity contribution in [2.24, 2.45) is 17.8 Å². The Balaban J connectivity index is 1.72. The van der Waals surface area contributed by atoms with E-state index >= 15 is 0 Å². The quantitative estimate of drug-likeness (QED) is 0.626. The van der Waals surface area contributed by atoms with Crippen LogP contribution in [0.15, 0.2) is 18.2 Å². The maximum Gasteiger partial charge on any atom is 0.417 e. The first-order chi connectivity index (χ1) is 16.1. The first-order valence-electron chi connectivity index (χ1n) is 11.4. The Bertz CT molecular complexity index is 936. The van der Waals surface area contributed by atoms with Crippen LogP contribution in [0.25, 0.3) is 0 Å². The first-order valence-corrected chi connectivity index (χ1v) is 11.4. The number of halogens is 3. The van der Waals surface area contributed by atoms with Gasteiger partial charge in [0.1, 0.15) is 0 Å². The van der Waals surface area contributed by atoms with Crippen LogP contribution in [0.1, 0.15) is 30.4 Å². The fourth-order valence-electron chi connectivity index (χ4n) is 5.10. The Morgan fingerprint density at radius 2 is 1.88 bits per heavy atom. The van der Waals surface area contributed by atoms with Crippen LogP contribution < -0.4 is 4.90 Å². The molecule has 2 aliphatic rings. The third-order valence-electron chi connectivity index (χ3n) is 6.94. The summed E-state index contributed by atoms with van der Waals surface area (Å²) >= 11 is 0. The Morgan fingerprint density at radius 1 is 1.21 bits per heavy atom. The number of carbonyl (C=O) groups is 2. The number of nitrogens with zero attached hydrogens (tertiary/aromatic N) is 4. The average Bonchev–Trinajstić information content (AvgIpc) is 3.26. The molecule has 3 rings (SSSR count). The van der Waals surface area contributed by atoms with Gasteiger partial charge in [0.2, 0.25) is 11.8 Å². The predicted molar refractivity (Wildman–Crippen MR) is 120 cm³/mol. The van der Waals surface area contributed by atoms with E-state index < -0.39 is 11.7 Å². The average molecular weight is 481 g/mol. The lowest BCUT2D eigenvalue weighted by Crippen LogP contribution is -2.41. The van der Waals surface area contributed by atoms with Gasteiger partial charge in [-0.3, -0.25) is 9.59 Å². The van der Waals surface area contributed by atoms with Crippen molar-refractivity contribution in [1.29, 1.82) is 5.26 Å². The van der Waals surface area contributed by atoms with E-state index in [1.807, 2.05) is 4.90 Å². The van der Waals surface area contributed by atoms with Crippen LogP contribution in [0.2, 0.25) is 0 Å². The van der Waals surface area contributed by atoms with Gasteiger partial charge in [-0.2, -0.15) is 18.4 Å². The molecule has 1 aromatic rings. The second-order valence-electron chi connectivity index (χ2n) is 9.21. The van der Waals surface area contributed by atoms with E-state index in [1.54, 1.807) is 36.0 Å². The van der Waals surface area contributed by atoms with Crippen molar-refractivity contribution in [1.82, 2.24) is 9.80 Å². The van der Waals surface area contributed by atoms with Crippen LogP contribution in [-0.2, 0) is 20.5 Å². The number of carbonyl (C=O) groups excluding carboxylic acids is 2. The number of piperidine rings is 1. The van der Waals surface area contributed by atoms with Gasteiger partial charge in [-0.1, -0.05) is 0 Å². The zero-order valence-corrected chi connectivity index (χ0v) is 19.8. The molecule has 0 radical (unpaired) electrons. The molecule has 2 atom stereocenters. The Morgan fingerprint density at radius 3 is 2.44 bits per heavy atom. The second-order valence-corrected chi connectivity index (χ2v) is 9.21. The summed E-state index contributed by atoms with van der Waals surface area (Å²) in [5.41, 5.74) is -0.874. The Hall–Kier alpha value is -2.80. The molecule has 2 fully saturated rings. The standard InChI is InChI=1S/C24H31F3N4O3/c1-29(2)23(33)20-15-31(22(32)8-11-34-3)14-19(20)16-6-9-30(10-7-16)18-5-4-17(13-28)21(12-18)24(25,26)27/h4-5,12,16,19-20H,6-11,14-15H2,1-3H3/t19-,20+/m0/s1. The topological polar surface area (TPSA) is 76.9 Å². The number of rotatable bonds is 6. The summed E-state index contributed by atoms with van der Waals surface area (Å²) in [6.45, 7) is 2.31. The molecule has 186 valence electrons. The highest BCUT2D eigenvalue weighted by Gasteiger charge is 2.44. The summed E-state index contributed by atoms with van der Waals surface area (Å²) < 4.78 is 45.1. The van der Waals surface area contributed by atoms with Gasteiger partial charge in [-0.25, -0.2) is 0 Å². The molecule has 7 nitrogen and oxygen atoms in total. The number of nitriles is 1. The van der Waals surface area contributed by atoms with E-state index in [9.17, 15) is 22.8 Å². The molecular formula is C24H31F3N4O3. The van der Waals surface area contributed by atoms with Gasteiger partial charge in [0.25, 0.3) is 0 Å². The lowest BCUT2D eigenvalue weighted by molar-refractivity contribution is -0.138. The molecule has 2 amide bonds. The van der Waals surface area contributed by atoms with Crippen molar-refractivity contribution in [2.75, 3.05) is 58.9 Å². The van der Waals surface area contributed by atoms with Gasteiger partial charge in [-0.05, 0) is 42.9 Å². The molecule has 0 spiro atoms. The minimum absolute atomic E-state index is 0.00335. The lowest BCUT2D eigenvalue weighted by atomic mass is 9.78. The first kappa shape index (κ1) is 25.8. The van der Waals surface area contributed by atoms with Crippen LogP contribution in [0.3, 0.4) is 0 Å². The van der Waals surface area contributed by atoms with Crippen molar-refractivity contribution >= 4 is 17.5 Å². The van der Waals surface area contributed by atoms with Gasteiger partial charge in [0.15, 0.2) is 0 Å². The fourth-order valence-corrected chi connectivity index (χ4v) is 5.10.